The fourth-order valence-electron chi connectivity index (χ4n) is 2.28. The van der Waals surface area contributed by atoms with Crippen molar-refractivity contribution in [3.05, 3.63) is 40.2 Å². The molecular weight excluding hydrogens is 306 g/mol. The molecule has 0 atom stereocenters. The first-order chi connectivity index (χ1) is 10.1. The van der Waals surface area contributed by atoms with Crippen LogP contribution in [0.25, 0.3) is 21.7 Å². The summed E-state index contributed by atoms with van der Waals surface area (Å²) in [5.74, 6) is 1.18. The second-order valence-corrected chi connectivity index (χ2v) is 5.98. The lowest BCUT2D eigenvalue weighted by Gasteiger charge is -2.10. The van der Waals surface area contributed by atoms with Gasteiger partial charge in [0.2, 0.25) is 0 Å². The van der Waals surface area contributed by atoms with Gasteiger partial charge in [0.1, 0.15) is 5.75 Å². The van der Waals surface area contributed by atoms with Gasteiger partial charge < -0.3 is 10.5 Å². The van der Waals surface area contributed by atoms with Gasteiger partial charge in [0.25, 0.3) is 0 Å². The molecule has 108 valence electrons. The Balaban J connectivity index is 2.27. The third kappa shape index (κ3) is 2.39. The van der Waals surface area contributed by atoms with Crippen LogP contribution in [-0.2, 0) is 0 Å². The third-order valence-electron chi connectivity index (χ3n) is 3.26. The predicted octanol–water partition coefficient (Wildman–Crippen LogP) is 4.36. The van der Waals surface area contributed by atoms with Crippen LogP contribution in [0, 0.1) is 6.92 Å². The van der Waals surface area contributed by atoms with E-state index in [-0.39, 0.29) is 0 Å². The topological polar surface area (TPSA) is 63.9 Å². The largest absolute Gasteiger partial charge is 0.496 e. The first-order valence-corrected chi connectivity index (χ1v) is 7.59. The van der Waals surface area contributed by atoms with E-state index in [0.29, 0.717) is 10.8 Å². The average molecular weight is 320 g/mol. The van der Waals surface area contributed by atoms with Crippen molar-refractivity contribution in [3.8, 4) is 27.4 Å². The highest BCUT2D eigenvalue weighted by Gasteiger charge is 2.20. The maximum absolute atomic E-state index is 6.24. The van der Waals surface area contributed by atoms with Crippen LogP contribution in [0.3, 0.4) is 0 Å². The highest BCUT2D eigenvalue weighted by molar-refractivity contribution is 7.14. The van der Waals surface area contributed by atoms with Crippen LogP contribution in [0.2, 0.25) is 5.02 Å². The van der Waals surface area contributed by atoms with Crippen molar-refractivity contribution in [1.82, 2.24) is 10.2 Å². The van der Waals surface area contributed by atoms with Crippen LogP contribution in [-0.4, -0.2) is 17.3 Å². The third-order valence-corrected chi connectivity index (χ3v) is 4.62. The molecule has 1 aromatic carbocycles. The van der Waals surface area contributed by atoms with Gasteiger partial charge in [-0.05, 0) is 30.5 Å². The Bertz CT molecular complexity index is 794. The molecule has 4 nitrogen and oxygen atoms in total. The molecule has 2 aromatic heterocycles. The van der Waals surface area contributed by atoms with Crippen molar-refractivity contribution < 1.29 is 4.74 Å². The quantitative estimate of drug-likeness (QED) is 0.754. The maximum Gasteiger partial charge on any atom is 0.153 e. The first-order valence-electron chi connectivity index (χ1n) is 6.34. The molecule has 0 radical (unpaired) electrons. The molecule has 0 amide bonds. The SMILES string of the molecule is COc1ccc(C)cc1-c1c(N)n[nH]c1-c1sccc1Cl. The molecule has 0 aliphatic carbocycles. The summed E-state index contributed by atoms with van der Waals surface area (Å²) in [5, 5.41) is 9.74. The summed E-state index contributed by atoms with van der Waals surface area (Å²) in [5.41, 5.74) is 9.73. The Kier molecular flexibility index (Phi) is 3.61. The number of aromatic amines is 1. The van der Waals surface area contributed by atoms with E-state index in [1.807, 2.05) is 36.6 Å². The Morgan fingerprint density at radius 3 is 2.81 bits per heavy atom. The number of H-pyrrole nitrogens is 1. The van der Waals surface area contributed by atoms with E-state index in [2.05, 4.69) is 10.2 Å². The molecule has 0 saturated carbocycles. The van der Waals surface area contributed by atoms with Crippen molar-refractivity contribution in [2.75, 3.05) is 12.8 Å². The van der Waals surface area contributed by atoms with E-state index in [1.165, 1.54) is 0 Å². The minimum atomic E-state index is 0.429. The molecule has 0 saturated heterocycles. The van der Waals surface area contributed by atoms with Gasteiger partial charge in [-0.2, -0.15) is 5.10 Å². The van der Waals surface area contributed by atoms with Crippen molar-refractivity contribution in [3.63, 3.8) is 0 Å². The molecule has 0 spiro atoms. The summed E-state index contributed by atoms with van der Waals surface area (Å²) in [6.07, 6.45) is 0. The standard InChI is InChI=1S/C15H14ClN3OS/c1-8-3-4-11(20-2)9(7-8)12-13(18-19-15(12)17)14-10(16)5-6-21-14/h3-7H,1-2H3,(H3,17,18,19). The summed E-state index contributed by atoms with van der Waals surface area (Å²) >= 11 is 7.78. The molecule has 6 heteroatoms. The number of thiophene rings is 1. The number of halogens is 1. The number of aryl methyl sites for hydroxylation is 1. The van der Waals surface area contributed by atoms with E-state index in [4.69, 9.17) is 22.1 Å². The van der Waals surface area contributed by atoms with Crippen molar-refractivity contribution in [2.24, 2.45) is 0 Å². The molecule has 0 aliphatic heterocycles. The molecule has 3 N–H and O–H groups in total. The molecule has 0 fully saturated rings. The lowest BCUT2D eigenvalue weighted by molar-refractivity contribution is 0.416. The lowest BCUT2D eigenvalue weighted by Crippen LogP contribution is -1.93. The Labute approximate surface area is 131 Å². The van der Waals surface area contributed by atoms with Crippen LogP contribution >= 0.6 is 22.9 Å². The molecule has 0 unspecified atom stereocenters. The number of hydrogen-bond donors (Lipinski definition) is 2. The van der Waals surface area contributed by atoms with Gasteiger partial charge in [-0.3, -0.25) is 5.10 Å². The monoisotopic (exact) mass is 319 g/mol. The summed E-state index contributed by atoms with van der Waals surface area (Å²) in [4.78, 5) is 0.916. The van der Waals surface area contributed by atoms with Crippen LogP contribution in [0.4, 0.5) is 5.82 Å². The van der Waals surface area contributed by atoms with Gasteiger partial charge in [0.15, 0.2) is 5.82 Å². The zero-order valence-corrected chi connectivity index (χ0v) is 13.2. The number of nitrogens with two attached hydrogens (primary N) is 1. The molecular formula is C15H14ClN3OS. The predicted molar refractivity (Wildman–Crippen MR) is 88.0 cm³/mol. The second-order valence-electron chi connectivity index (χ2n) is 4.66. The number of anilines is 1. The fourth-order valence-corrected chi connectivity index (χ4v) is 3.43. The normalized spacial score (nSPS) is 10.8. The highest BCUT2D eigenvalue weighted by atomic mass is 35.5. The second kappa shape index (κ2) is 5.42. The summed E-state index contributed by atoms with van der Waals surface area (Å²) in [6, 6.07) is 7.81. The Morgan fingerprint density at radius 1 is 1.33 bits per heavy atom. The highest BCUT2D eigenvalue weighted by Crippen LogP contribution is 2.43. The van der Waals surface area contributed by atoms with Gasteiger partial charge in [0, 0.05) is 5.56 Å². The number of methoxy groups -OCH3 is 1. The van der Waals surface area contributed by atoms with E-state index in [0.717, 1.165) is 33.0 Å². The van der Waals surface area contributed by atoms with Crippen molar-refractivity contribution in [2.45, 2.75) is 6.92 Å². The van der Waals surface area contributed by atoms with Crippen LogP contribution < -0.4 is 10.5 Å². The van der Waals surface area contributed by atoms with Crippen molar-refractivity contribution >= 4 is 28.8 Å². The average Bonchev–Trinajstić information content (AvgIpc) is 3.04. The number of nitrogens with zero attached hydrogens (tertiary/aromatic N) is 1. The van der Waals surface area contributed by atoms with Gasteiger partial charge in [-0.25, -0.2) is 0 Å². The maximum atomic E-state index is 6.24. The summed E-state index contributed by atoms with van der Waals surface area (Å²) < 4.78 is 5.45. The number of hydrogen-bond acceptors (Lipinski definition) is 4. The smallest absolute Gasteiger partial charge is 0.153 e. The van der Waals surface area contributed by atoms with Gasteiger partial charge >= 0.3 is 0 Å². The lowest BCUT2D eigenvalue weighted by atomic mass is 10.0. The number of aromatic nitrogens is 2. The summed E-state index contributed by atoms with van der Waals surface area (Å²) in [6.45, 7) is 2.02. The molecule has 21 heavy (non-hydrogen) atoms. The number of nitrogens with one attached hydrogen (secondary N) is 1. The molecule has 0 bridgehead atoms. The number of rotatable bonds is 3. The van der Waals surface area contributed by atoms with E-state index >= 15 is 0 Å². The minimum Gasteiger partial charge on any atom is -0.496 e. The molecule has 3 aromatic rings. The van der Waals surface area contributed by atoms with E-state index < -0.39 is 0 Å². The fraction of sp³-hybridized carbons (Fsp3) is 0.133. The minimum absolute atomic E-state index is 0.429. The number of nitrogen functional groups attached to an aromatic ring is 1. The van der Waals surface area contributed by atoms with Gasteiger partial charge in [-0.15, -0.1) is 11.3 Å². The number of benzene rings is 1. The zero-order chi connectivity index (χ0) is 15.0. The zero-order valence-electron chi connectivity index (χ0n) is 11.6. The molecule has 0 aliphatic rings. The Morgan fingerprint density at radius 2 is 2.14 bits per heavy atom. The first kappa shape index (κ1) is 14.0. The van der Waals surface area contributed by atoms with Crippen molar-refractivity contribution in [1.29, 1.82) is 0 Å². The summed E-state index contributed by atoms with van der Waals surface area (Å²) in [7, 11) is 1.64. The molecule has 2 heterocycles. The van der Waals surface area contributed by atoms with Crippen LogP contribution in [0.5, 0.6) is 5.75 Å². The van der Waals surface area contributed by atoms with E-state index in [1.54, 1.807) is 18.4 Å². The number of ether oxygens (including phenoxy) is 1. The van der Waals surface area contributed by atoms with E-state index in [9.17, 15) is 0 Å². The van der Waals surface area contributed by atoms with Gasteiger partial charge in [0.05, 0.1) is 28.3 Å². The Hall–Kier alpha value is -1.98. The van der Waals surface area contributed by atoms with Gasteiger partial charge in [-0.1, -0.05) is 23.2 Å². The van der Waals surface area contributed by atoms with Crippen LogP contribution in [0.1, 0.15) is 5.56 Å². The molecule has 3 rings (SSSR count). The van der Waals surface area contributed by atoms with Crippen LogP contribution in [0.15, 0.2) is 29.6 Å².